The van der Waals surface area contributed by atoms with Crippen LogP contribution < -0.4 is 11.4 Å². The highest BCUT2D eigenvalue weighted by Crippen LogP contribution is 2.42. The topological polar surface area (TPSA) is 141 Å². The molecule has 180 valence electrons. The van der Waals surface area contributed by atoms with Crippen molar-refractivity contribution in [2.24, 2.45) is 11.8 Å². The summed E-state index contributed by atoms with van der Waals surface area (Å²) in [6.45, 7) is 8.12. The fourth-order valence-corrected chi connectivity index (χ4v) is 2.93. The lowest BCUT2D eigenvalue weighted by atomic mass is 9.98. The molecule has 11 nitrogen and oxygen atoms in total. The number of hydrogen-bond donors (Lipinski definition) is 1. The number of halogens is 1. The van der Waals surface area contributed by atoms with E-state index in [0.29, 0.717) is 0 Å². The maximum absolute atomic E-state index is 15.8. The second-order valence-corrected chi connectivity index (χ2v) is 8.48. The third kappa shape index (κ3) is 6.55. The summed E-state index contributed by atoms with van der Waals surface area (Å²) >= 11 is 0. The van der Waals surface area contributed by atoms with Crippen LogP contribution in [0.1, 0.15) is 40.8 Å². The van der Waals surface area contributed by atoms with Gasteiger partial charge in [0.2, 0.25) is 0 Å². The smallest absolute Gasteiger partial charge is 0.434 e. The third-order valence-corrected chi connectivity index (χ3v) is 4.44. The third-order valence-electron chi connectivity index (χ3n) is 4.44. The summed E-state index contributed by atoms with van der Waals surface area (Å²) < 4.78 is 42.4. The molecule has 1 aliphatic heterocycles. The molecule has 32 heavy (non-hydrogen) atoms. The van der Waals surface area contributed by atoms with Gasteiger partial charge in [-0.05, 0) is 24.8 Å². The quantitative estimate of drug-likeness (QED) is 0.576. The molecule has 0 amide bonds. The van der Waals surface area contributed by atoms with E-state index in [1.54, 1.807) is 0 Å². The van der Waals surface area contributed by atoms with Gasteiger partial charge >= 0.3 is 18.0 Å². The molecule has 0 aromatic carbocycles. The summed E-state index contributed by atoms with van der Waals surface area (Å²) in [6, 6.07) is 1.29. The van der Waals surface area contributed by atoms with Crippen LogP contribution in [0.5, 0.6) is 0 Å². The van der Waals surface area contributed by atoms with Gasteiger partial charge in [-0.1, -0.05) is 27.7 Å². The predicted molar refractivity (Wildman–Crippen MR) is 110 cm³/mol. The molecule has 0 spiro atoms. The highest BCUT2D eigenvalue weighted by Gasteiger charge is 2.59. The number of nitrogen functional groups attached to an aromatic ring is 1. The lowest BCUT2D eigenvalue weighted by Crippen LogP contribution is -2.46. The Morgan fingerprint density at radius 2 is 1.78 bits per heavy atom. The molecule has 2 rings (SSSR count). The van der Waals surface area contributed by atoms with Gasteiger partial charge in [-0.25, -0.2) is 18.8 Å². The summed E-state index contributed by atoms with van der Waals surface area (Å²) in [5.74, 6) is 0.0596. The van der Waals surface area contributed by atoms with Gasteiger partial charge in [0.25, 0.3) is 0 Å². The van der Waals surface area contributed by atoms with E-state index < -0.39 is 48.7 Å². The van der Waals surface area contributed by atoms with E-state index in [-0.39, 0.29) is 30.9 Å². The summed E-state index contributed by atoms with van der Waals surface area (Å²) in [5, 5.41) is 0. The van der Waals surface area contributed by atoms with Crippen LogP contribution in [0, 0.1) is 11.8 Å². The zero-order chi connectivity index (χ0) is 24.1. The molecule has 0 saturated carbocycles. The van der Waals surface area contributed by atoms with Crippen molar-refractivity contribution in [3.63, 3.8) is 0 Å². The number of anilines is 1. The minimum absolute atomic E-state index is 0.0289. The van der Waals surface area contributed by atoms with Crippen molar-refractivity contribution in [1.82, 2.24) is 9.55 Å². The normalized spacial score (nSPS) is 25.1. The number of ether oxygens (including phenoxy) is 5. The van der Waals surface area contributed by atoms with Crippen LogP contribution in [0.2, 0.25) is 0 Å². The Hall–Kier alpha value is -2.89. The first-order chi connectivity index (χ1) is 14.9. The lowest BCUT2D eigenvalue weighted by molar-refractivity contribution is -0.0702. The number of alkyl halides is 1. The predicted octanol–water partition coefficient (Wildman–Crippen LogP) is 2.44. The summed E-state index contributed by atoms with van der Waals surface area (Å²) in [5.41, 5.74) is 2.21. The minimum atomic E-state index is -2.41. The molecule has 2 heterocycles. The Morgan fingerprint density at radius 1 is 1.19 bits per heavy atom. The maximum atomic E-state index is 15.8. The van der Waals surface area contributed by atoms with E-state index in [4.69, 9.17) is 29.4 Å². The Labute approximate surface area is 184 Å². The molecule has 2 unspecified atom stereocenters. The molecule has 1 fully saturated rings. The zero-order valence-corrected chi connectivity index (χ0v) is 18.8. The van der Waals surface area contributed by atoms with Crippen molar-refractivity contribution in [1.29, 1.82) is 0 Å². The average molecular weight is 459 g/mol. The molecule has 2 N–H and O–H groups in total. The molecule has 1 aromatic heterocycles. The Kier molecular flexibility index (Phi) is 8.42. The highest BCUT2D eigenvalue weighted by molar-refractivity contribution is 5.61. The van der Waals surface area contributed by atoms with Crippen molar-refractivity contribution < 1.29 is 37.7 Å². The van der Waals surface area contributed by atoms with Crippen molar-refractivity contribution in [3.05, 3.63) is 22.7 Å². The van der Waals surface area contributed by atoms with Crippen LogP contribution in [0.15, 0.2) is 17.1 Å². The molecule has 0 bridgehead atoms. The van der Waals surface area contributed by atoms with Gasteiger partial charge in [-0.3, -0.25) is 4.57 Å². The molecular weight excluding hydrogens is 429 g/mol. The van der Waals surface area contributed by atoms with Crippen molar-refractivity contribution in [2.75, 3.05) is 25.6 Å². The molecule has 0 radical (unpaired) electrons. The number of nitrogens with two attached hydrogens (primary N) is 1. The molecule has 12 heteroatoms. The van der Waals surface area contributed by atoms with Gasteiger partial charge in [0, 0.05) is 6.20 Å². The molecular formula is C20H30FN3O8. The van der Waals surface area contributed by atoms with Crippen molar-refractivity contribution >= 4 is 18.1 Å². The van der Waals surface area contributed by atoms with E-state index in [2.05, 4.69) is 4.98 Å². The van der Waals surface area contributed by atoms with Crippen molar-refractivity contribution in [3.8, 4) is 0 Å². The van der Waals surface area contributed by atoms with Crippen LogP contribution in [-0.4, -0.2) is 59.6 Å². The fourth-order valence-electron chi connectivity index (χ4n) is 2.93. The largest absolute Gasteiger partial charge is 0.508 e. The van der Waals surface area contributed by atoms with Crippen LogP contribution >= 0.6 is 0 Å². The van der Waals surface area contributed by atoms with E-state index in [9.17, 15) is 14.4 Å². The summed E-state index contributed by atoms with van der Waals surface area (Å²) in [6.07, 6.45) is -5.24. The van der Waals surface area contributed by atoms with Crippen molar-refractivity contribution in [2.45, 2.75) is 58.7 Å². The molecule has 4 atom stereocenters. The van der Waals surface area contributed by atoms with E-state index in [1.165, 1.54) is 12.3 Å². The highest BCUT2D eigenvalue weighted by atomic mass is 19.1. The van der Waals surface area contributed by atoms with Gasteiger partial charge in [0.1, 0.15) is 18.5 Å². The number of nitrogens with zero attached hydrogens (tertiary/aromatic N) is 2. The average Bonchev–Trinajstić information content (AvgIpc) is 2.93. The van der Waals surface area contributed by atoms with Gasteiger partial charge in [0.15, 0.2) is 18.0 Å². The van der Waals surface area contributed by atoms with Crippen LogP contribution in [0.4, 0.5) is 19.8 Å². The van der Waals surface area contributed by atoms with Crippen LogP contribution in [0.3, 0.4) is 0 Å². The monoisotopic (exact) mass is 459 g/mol. The number of aromatic nitrogens is 2. The Balaban J connectivity index is 2.22. The second kappa shape index (κ2) is 10.6. The minimum Gasteiger partial charge on any atom is -0.434 e. The Morgan fingerprint density at radius 3 is 2.34 bits per heavy atom. The van der Waals surface area contributed by atoms with E-state index in [1.807, 2.05) is 27.7 Å². The fraction of sp³-hybridized carbons (Fsp3) is 0.700. The van der Waals surface area contributed by atoms with Gasteiger partial charge in [-0.2, -0.15) is 4.98 Å². The van der Waals surface area contributed by atoms with Gasteiger partial charge in [0.05, 0.1) is 13.2 Å². The SMILES string of the molecule is CC(C)COC(=O)OC[C@H]1OC(n2ccc(N)nc2=O)[C@](C)(F)C1OC(=O)OCC(C)C. The maximum Gasteiger partial charge on any atom is 0.508 e. The van der Waals surface area contributed by atoms with Crippen LogP contribution in [0.25, 0.3) is 0 Å². The first-order valence-electron chi connectivity index (χ1n) is 10.2. The Bertz CT molecular complexity index is 857. The van der Waals surface area contributed by atoms with E-state index >= 15 is 4.39 Å². The number of carbonyl (C=O) groups is 2. The molecule has 0 aliphatic carbocycles. The van der Waals surface area contributed by atoms with E-state index in [0.717, 1.165) is 11.5 Å². The number of hydrogen-bond acceptors (Lipinski definition) is 10. The number of carbonyl (C=O) groups excluding carboxylic acids is 2. The molecule has 1 aliphatic rings. The summed E-state index contributed by atoms with van der Waals surface area (Å²) in [4.78, 5) is 39.7. The first-order valence-corrected chi connectivity index (χ1v) is 10.2. The summed E-state index contributed by atoms with van der Waals surface area (Å²) in [7, 11) is 0. The lowest BCUT2D eigenvalue weighted by Gasteiger charge is -2.27. The van der Waals surface area contributed by atoms with Gasteiger partial charge < -0.3 is 29.4 Å². The molecule has 1 saturated heterocycles. The zero-order valence-electron chi connectivity index (χ0n) is 18.8. The standard InChI is InChI=1S/C20H30FN3O8/c1-11(2)8-28-18(26)30-10-13-15(32-19(27)29-9-12(3)4)20(5,21)16(31-13)24-7-6-14(22)23-17(24)25/h6-7,11-13,15-16H,8-10H2,1-5H3,(H2,22,23,25)/t13-,15?,16?,20-/m1/s1. The van der Waals surface area contributed by atoms with Gasteiger partial charge in [-0.15, -0.1) is 0 Å². The second-order valence-electron chi connectivity index (χ2n) is 8.48. The number of rotatable bonds is 8. The first kappa shape index (κ1) is 25.4. The molecule has 1 aromatic rings. The van der Waals surface area contributed by atoms with Crippen LogP contribution in [-0.2, 0) is 23.7 Å².